The van der Waals surface area contributed by atoms with E-state index in [-0.39, 0.29) is 12.2 Å². The summed E-state index contributed by atoms with van der Waals surface area (Å²) in [6.07, 6.45) is -4.86. The Hall–Kier alpha value is -4.56. The number of methoxy groups -OCH3 is 1. The lowest BCUT2D eigenvalue weighted by molar-refractivity contribution is -0.137. The number of urea groups is 1. The summed E-state index contributed by atoms with van der Waals surface area (Å²) in [5.74, 6) is -1.22. The highest BCUT2D eigenvalue weighted by atomic mass is 35.5. The third-order valence-corrected chi connectivity index (χ3v) is 6.73. The Bertz CT molecular complexity index is 1550. The van der Waals surface area contributed by atoms with E-state index >= 15 is 0 Å². The fourth-order valence-corrected chi connectivity index (χ4v) is 4.44. The van der Waals surface area contributed by atoms with E-state index in [0.717, 1.165) is 12.1 Å². The summed E-state index contributed by atoms with van der Waals surface area (Å²) in [6, 6.07) is 14.7. The van der Waals surface area contributed by atoms with Gasteiger partial charge in [0.05, 0.1) is 42.1 Å². The van der Waals surface area contributed by atoms with Gasteiger partial charge in [-0.1, -0.05) is 17.7 Å². The van der Waals surface area contributed by atoms with Crippen LogP contribution in [-0.4, -0.2) is 35.5 Å². The van der Waals surface area contributed by atoms with E-state index in [9.17, 15) is 27.6 Å². The normalized spacial score (nSPS) is 14.8. The van der Waals surface area contributed by atoms with Crippen LogP contribution in [0.3, 0.4) is 0 Å². The van der Waals surface area contributed by atoms with Crippen molar-refractivity contribution < 1.29 is 32.3 Å². The molecule has 3 amide bonds. The maximum Gasteiger partial charge on any atom is 0.417 e. The summed E-state index contributed by atoms with van der Waals surface area (Å²) in [7, 11) is 1.27. The molecule has 1 saturated heterocycles. The lowest BCUT2D eigenvalue weighted by atomic mass is 10.0. The zero-order chi connectivity index (χ0) is 29.4. The highest BCUT2D eigenvalue weighted by molar-refractivity contribution is 6.31. The Labute approximate surface area is 232 Å². The van der Waals surface area contributed by atoms with Crippen molar-refractivity contribution in [3.63, 3.8) is 0 Å². The van der Waals surface area contributed by atoms with Crippen LogP contribution in [0.5, 0.6) is 0 Å². The molecule has 0 radical (unpaired) electrons. The first-order chi connectivity index (χ1) is 18.8. The smallest absolute Gasteiger partial charge is 0.417 e. The molecule has 1 heterocycles. The van der Waals surface area contributed by atoms with Gasteiger partial charge in [-0.2, -0.15) is 18.4 Å². The number of benzene rings is 3. The van der Waals surface area contributed by atoms with E-state index < -0.39 is 40.7 Å². The summed E-state index contributed by atoms with van der Waals surface area (Å²) >= 11 is 6.21. The van der Waals surface area contributed by atoms with Crippen LogP contribution in [0.4, 0.5) is 35.0 Å². The summed E-state index contributed by atoms with van der Waals surface area (Å²) in [4.78, 5) is 40.5. The molecule has 12 heteroatoms. The molecule has 1 aliphatic rings. The Kier molecular flexibility index (Phi) is 7.50. The van der Waals surface area contributed by atoms with Gasteiger partial charge in [-0.25, -0.2) is 14.5 Å². The van der Waals surface area contributed by atoms with Crippen LogP contribution in [0.25, 0.3) is 0 Å². The second-order valence-corrected chi connectivity index (χ2v) is 9.84. The average molecular weight is 571 g/mol. The van der Waals surface area contributed by atoms with Crippen molar-refractivity contribution in [2.24, 2.45) is 0 Å². The van der Waals surface area contributed by atoms with Gasteiger partial charge in [0.1, 0.15) is 5.54 Å². The summed E-state index contributed by atoms with van der Waals surface area (Å²) in [5, 5.41) is 12.7. The van der Waals surface area contributed by atoms with Crippen LogP contribution in [0.15, 0.2) is 60.7 Å². The highest BCUT2D eigenvalue weighted by Crippen LogP contribution is 2.39. The van der Waals surface area contributed by atoms with E-state index in [1.807, 2.05) is 0 Å². The molecule has 1 aliphatic heterocycles. The Balaban J connectivity index is 1.66. The first kappa shape index (κ1) is 28.4. The molecule has 0 unspecified atom stereocenters. The Morgan fingerprint density at radius 1 is 1.07 bits per heavy atom. The molecule has 8 nitrogen and oxygen atoms in total. The molecule has 3 aromatic carbocycles. The lowest BCUT2D eigenvalue weighted by Gasteiger charge is -2.28. The molecule has 1 N–H and O–H groups in total. The average Bonchev–Trinajstić information content (AvgIpc) is 3.08. The third-order valence-electron chi connectivity index (χ3n) is 6.50. The second kappa shape index (κ2) is 10.5. The van der Waals surface area contributed by atoms with E-state index in [2.05, 4.69) is 5.32 Å². The number of rotatable bonds is 6. The van der Waals surface area contributed by atoms with Crippen LogP contribution in [0.1, 0.15) is 40.9 Å². The number of hydrogen-bond acceptors (Lipinski definition) is 6. The van der Waals surface area contributed by atoms with Gasteiger partial charge in [-0.15, -0.1) is 0 Å². The minimum Gasteiger partial charge on any atom is -0.465 e. The maximum absolute atomic E-state index is 13.6. The van der Waals surface area contributed by atoms with E-state index in [1.165, 1.54) is 31.9 Å². The first-order valence-electron chi connectivity index (χ1n) is 11.8. The SMILES string of the molecule is COC(=O)c1ccc(Nc2cc(Cl)ccc2CN2C(=O)N(c3ccc(C#N)c(C(F)(F)F)c3)C(=O)C2(C)C)cc1. The van der Waals surface area contributed by atoms with Gasteiger partial charge >= 0.3 is 18.2 Å². The summed E-state index contributed by atoms with van der Waals surface area (Å²) in [6.45, 7) is 2.91. The number of nitriles is 1. The molecule has 0 aliphatic carbocycles. The van der Waals surface area contributed by atoms with Crippen molar-refractivity contribution in [1.82, 2.24) is 4.90 Å². The number of amides is 3. The molecule has 206 valence electrons. The number of anilines is 3. The summed E-state index contributed by atoms with van der Waals surface area (Å²) < 4.78 is 45.4. The predicted octanol–water partition coefficient (Wildman–Crippen LogP) is 6.51. The minimum atomic E-state index is -4.86. The molecule has 1 fully saturated rings. The van der Waals surface area contributed by atoms with Gasteiger partial charge < -0.3 is 15.0 Å². The quantitative estimate of drug-likeness (QED) is 0.268. The number of ether oxygens (including phenoxy) is 1. The monoisotopic (exact) mass is 570 g/mol. The molecule has 40 heavy (non-hydrogen) atoms. The van der Waals surface area contributed by atoms with Crippen molar-refractivity contribution in [3.8, 4) is 6.07 Å². The predicted molar refractivity (Wildman–Crippen MR) is 141 cm³/mol. The Morgan fingerprint density at radius 2 is 1.75 bits per heavy atom. The van der Waals surface area contributed by atoms with E-state index in [0.29, 0.717) is 38.5 Å². The zero-order valence-corrected chi connectivity index (χ0v) is 22.2. The third kappa shape index (κ3) is 5.31. The van der Waals surface area contributed by atoms with Gasteiger partial charge in [0.25, 0.3) is 5.91 Å². The highest BCUT2D eigenvalue weighted by Gasteiger charge is 2.52. The number of nitrogens with zero attached hydrogens (tertiary/aromatic N) is 3. The van der Waals surface area contributed by atoms with Crippen LogP contribution >= 0.6 is 11.6 Å². The van der Waals surface area contributed by atoms with Gasteiger partial charge in [-0.3, -0.25) is 4.79 Å². The van der Waals surface area contributed by atoms with E-state index in [1.54, 1.807) is 42.5 Å². The number of imide groups is 1. The summed E-state index contributed by atoms with van der Waals surface area (Å²) in [5.41, 5.74) is -1.56. The van der Waals surface area contributed by atoms with Crippen molar-refractivity contribution in [2.75, 3.05) is 17.3 Å². The second-order valence-electron chi connectivity index (χ2n) is 9.40. The van der Waals surface area contributed by atoms with Crippen LogP contribution in [-0.2, 0) is 22.3 Å². The maximum atomic E-state index is 13.6. The lowest BCUT2D eigenvalue weighted by Crippen LogP contribution is -2.43. The fraction of sp³-hybridized carbons (Fsp3) is 0.214. The van der Waals surface area contributed by atoms with Crippen LogP contribution in [0, 0.1) is 11.3 Å². The van der Waals surface area contributed by atoms with Crippen molar-refractivity contribution in [1.29, 1.82) is 5.26 Å². The van der Waals surface area contributed by atoms with Gasteiger partial charge in [0.15, 0.2) is 0 Å². The largest absolute Gasteiger partial charge is 0.465 e. The number of hydrogen-bond donors (Lipinski definition) is 1. The number of nitrogens with one attached hydrogen (secondary N) is 1. The molecule has 3 aromatic rings. The van der Waals surface area contributed by atoms with Gasteiger partial charge in [0, 0.05) is 16.4 Å². The molecular weight excluding hydrogens is 549 g/mol. The van der Waals surface area contributed by atoms with Crippen molar-refractivity contribution in [2.45, 2.75) is 32.1 Å². The minimum absolute atomic E-state index is 0.0871. The number of carbonyl (C=O) groups is 3. The molecule has 0 saturated carbocycles. The van der Waals surface area contributed by atoms with Crippen LogP contribution < -0.4 is 10.2 Å². The molecule has 0 aromatic heterocycles. The van der Waals surface area contributed by atoms with Crippen molar-refractivity contribution >= 4 is 46.6 Å². The standard InChI is InChI=1S/C28H22ClF3N4O4/c1-27(2)25(38)36(21-11-7-17(14-33)22(13-21)28(30,31)32)26(39)35(27)15-18-4-8-19(29)12-23(18)34-20-9-5-16(6-10-20)24(37)40-3/h4-13,34H,15H2,1-3H3. The Morgan fingerprint density at radius 3 is 2.35 bits per heavy atom. The van der Waals surface area contributed by atoms with Gasteiger partial charge in [-0.05, 0) is 74.0 Å². The first-order valence-corrected chi connectivity index (χ1v) is 12.2. The van der Waals surface area contributed by atoms with Crippen LogP contribution in [0.2, 0.25) is 5.02 Å². The fourth-order valence-electron chi connectivity index (χ4n) is 4.27. The topological polar surface area (TPSA) is 103 Å². The number of alkyl halides is 3. The molecule has 4 rings (SSSR count). The molecule has 0 atom stereocenters. The number of halogens is 4. The molecule has 0 spiro atoms. The number of carbonyl (C=O) groups excluding carboxylic acids is 3. The number of esters is 1. The van der Waals surface area contributed by atoms with Gasteiger partial charge in [0.2, 0.25) is 0 Å². The van der Waals surface area contributed by atoms with Crippen molar-refractivity contribution in [3.05, 3.63) is 87.9 Å². The zero-order valence-electron chi connectivity index (χ0n) is 21.5. The molecular formula is C28H22ClF3N4O4. The molecule has 0 bridgehead atoms. The van der Waals surface area contributed by atoms with E-state index in [4.69, 9.17) is 21.6 Å².